The van der Waals surface area contributed by atoms with E-state index in [0.717, 1.165) is 17.9 Å². The number of primary amides is 1. The lowest BCUT2D eigenvalue weighted by Gasteiger charge is -2.24. The standard InChI is InChI=1S/C15H16N4O2/c16-10-6-7-11(14(17)20)18-15(10)19-8-3-9-21-13-5-2-1-4-12(13)19/h1-2,4-7H,3,8-9,16H2,(H2,17,20). The Hall–Kier alpha value is -2.76. The largest absolute Gasteiger partial charge is 0.491 e. The molecule has 0 bridgehead atoms. The summed E-state index contributed by atoms with van der Waals surface area (Å²) in [6.07, 6.45) is 0.830. The van der Waals surface area contributed by atoms with E-state index < -0.39 is 5.91 Å². The van der Waals surface area contributed by atoms with Crippen molar-refractivity contribution in [3.63, 3.8) is 0 Å². The number of hydrogen-bond acceptors (Lipinski definition) is 5. The Kier molecular flexibility index (Phi) is 3.35. The van der Waals surface area contributed by atoms with Crippen LogP contribution in [0.4, 0.5) is 17.2 Å². The smallest absolute Gasteiger partial charge is 0.267 e. The molecule has 1 aliphatic heterocycles. The van der Waals surface area contributed by atoms with Crippen LogP contribution < -0.4 is 21.1 Å². The van der Waals surface area contributed by atoms with Crippen molar-refractivity contribution in [1.29, 1.82) is 0 Å². The number of hydrogen-bond donors (Lipinski definition) is 2. The van der Waals surface area contributed by atoms with Crippen molar-refractivity contribution in [2.45, 2.75) is 6.42 Å². The van der Waals surface area contributed by atoms with Gasteiger partial charge in [-0.1, -0.05) is 12.1 Å². The second kappa shape index (κ2) is 5.32. The van der Waals surface area contributed by atoms with Gasteiger partial charge in [-0.05, 0) is 30.7 Å². The monoisotopic (exact) mass is 284 g/mol. The van der Waals surface area contributed by atoms with Crippen molar-refractivity contribution < 1.29 is 9.53 Å². The fraction of sp³-hybridized carbons (Fsp3) is 0.200. The van der Waals surface area contributed by atoms with E-state index in [1.165, 1.54) is 6.07 Å². The van der Waals surface area contributed by atoms with Crippen molar-refractivity contribution in [2.75, 3.05) is 23.8 Å². The zero-order valence-corrected chi connectivity index (χ0v) is 11.5. The molecule has 1 aromatic heterocycles. The molecule has 1 amide bonds. The Balaban J connectivity index is 2.11. The van der Waals surface area contributed by atoms with Gasteiger partial charge in [-0.3, -0.25) is 4.79 Å². The average molecular weight is 284 g/mol. The summed E-state index contributed by atoms with van der Waals surface area (Å²) in [5.74, 6) is 0.737. The summed E-state index contributed by atoms with van der Waals surface area (Å²) in [7, 11) is 0. The van der Waals surface area contributed by atoms with Gasteiger partial charge < -0.3 is 21.1 Å². The molecule has 4 N–H and O–H groups in total. The van der Waals surface area contributed by atoms with Crippen LogP contribution in [-0.2, 0) is 0 Å². The Morgan fingerprint density at radius 2 is 2.05 bits per heavy atom. The molecular formula is C15H16N4O2. The fourth-order valence-electron chi connectivity index (χ4n) is 2.36. The number of nitrogens with two attached hydrogens (primary N) is 2. The molecule has 2 heterocycles. The number of pyridine rings is 1. The van der Waals surface area contributed by atoms with Crippen LogP contribution in [0.1, 0.15) is 16.9 Å². The number of carbonyl (C=O) groups is 1. The van der Waals surface area contributed by atoms with E-state index in [4.69, 9.17) is 16.2 Å². The van der Waals surface area contributed by atoms with E-state index in [1.54, 1.807) is 6.07 Å². The van der Waals surface area contributed by atoms with Crippen LogP contribution in [0.3, 0.4) is 0 Å². The first-order valence-electron chi connectivity index (χ1n) is 6.72. The summed E-state index contributed by atoms with van der Waals surface area (Å²) in [6, 6.07) is 10.9. The average Bonchev–Trinajstić information content (AvgIpc) is 2.70. The number of benzene rings is 1. The first kappa shape index (κ1) is 13.2. The maximum atomic E-state index is 11.3. The minimum absolute atomic E-state index is 0.196. The zero-order valence-electron chi connectivity index (χ0n) is 11.5. The number of carbonyl (C=O) groups excluding carboxylic acids is 1. The quantitative estimate of drug-likeness (QED) is 0.875. The third-order valence-corrected chi connectivity index (χ3v) is 3.35. The van der Waals surface area contributed by atoms with E-state index in [-0.39, 0.29) is 5.69 Å². The predicted molar refractivity (Wildman–Crippen MR) is 80.7 cm³/mol. The second-order valence-electron chi connectivity index (χ2n) is 4.79. The highest BCUT2D eigenvalue weighted by Crippen LogP contribution is 2.37. The topological polar surface area (TPSA) is 94.5 Å². The minimum atomic E-state index is -0.574. The van der Waals surface area contributed by atoms with E-state index >= 15 is 0 Å². The maximum absolute atomic E-state index is 11.3. The number of amides is 1. The van der Waals surface area contributed by atoms with E-state index in [2.05, 4.69) is 4.98 Å². The molecule has 0 spiro atoms. The minimum Gasteiger partial charge on any atom is -0.491 e. The molecule has 1 aromatic carbocycles. The lowest BCUT2D eigenvalue weighted by atomic mass is 10.2. The number of rotatable bonds is 2. The van der Waals surface area contributed by atoms with E-state index in [0.29, 0.717) is 24.7 Å². The van der Waals surface area contributed by atoms with Crippen LogP contribution in [0.25, 0.3) is 0 Å². The molecule has 6 nitrogen and oxygen atoms in total. The Morgan fingerprint density at radius 1 is 1.24 bits per heavy atom. The lowest BCUT2D eigenvalue weighted by Crippen LogP contribution is -2.22. The SMILES string of the molecule is NC(=O)c1ccc(N)c(N2CCCOc3ccccc32)n1. The molecule has 2 aromatic rings. The zero-order chi connectivity index (χ0) is 14.8. The second-order valence-corrected chi connectivity index (χ2v) is 4.79. The van der Waals surface area contributed by atoms with Crippen molar-refractivity contribution in [2.24, 2.45) is 5.73 Å². The number of fused-ring (bicyclic) bond motifs is 1. The summed E-state index contributed by atoms with van der Waals surface area (Å²) >= 11 is 0. The maximum Gasteiger partial charge on any atom is 0.267 e. The van der Waals surface area contributed by atoms with Crippen LogP contribution in [-0.4, -0.2) is 24.0 Å². The van der Waals surface area contributed by atoms with Crippen LogP contribution in [0.5, 0.6) is 5.75 Å². The van der Waals surface area contributed by atoms with Crippen LogP contribution >= 0.6 is 0 Å². The Labute approximate surface area is 122 Å². The molecule has 6 heteroatoms. The normalized spacial score (nSPS) is 14.0. The summed E-state index contributed by atoms with van der Waals surface area (Å²) in [4.78, 5) is 17.6. The molecule has 0 aliphatic carbocycles. The number of aromatic nitrogens is 1. The van der Waals surface area contributed by atoms with Gasteiger partial charge in [0.2, 0.25) is 0 Å². The van der Waals surface area contributed by atoms with Crippen molar-refractivity contribution in [3.05, 3.63) is 42.1 Å². The van der Waals surface area contributed by atoms with Gasteiger partial charge in [-0.2, -0.15) is 0 Å². The van der Waals surface area contributed by atoms with Gasteiger partial charge in [-0.25, -0.2) is 4.98 Å². The Bertz CT molecular complexity index is 687. The molecular weight excluding hydrogens is 268 g/mol. The number of nitrogens with zero attached hydrogens (tertiary/aromatic N) is 2. The van der Waals surface area contributed by atoms with Gasteiger partial charge in [0.15, 0.2) is 5.82 Å². The van der Waals surface area contributed by atoms with Gasteiger partial charge in [0.25, 0.3) is 5.91 Å². The Morgan fingerprint density at radius 3 is 2.86 bits per heavy atom. The number of nitrogen functional groups attached to an aromatic ring is 1. The van der Waals surface area contributed by atoms with Crippen molar-refractivity contribution in [1.82, 2.24) is 4.98 Å². The molecule has 3 rings (SSSR count). The third kappa shape index (κ3) is 2.47. The third-order valence-electron chi connectivity index (χ3n) is 3.35. The molecule has 0 radical (unpaired) electrons. The fourth-order valence-corrected chi connectivity index (χ4v) is 2.36. The molecule has 108 valence electrons. The highest BCUT2D eigenvalue weighted by molar-refractivity contribution is 5.92. The predicted octanol–water partition coefficient (Wildman–Crippen LogP) is 1.68. The summed E-state index contributed by atoms with van der Waals surface area (Å²) < 4.78 is 5.72. The van der Waals surface area contributed by atoms with Gasteiger partial charge in [0.1, 0.15) is 11.4 Å². The molecule has 0 unspecified atom stereocenters. The summed E-state index contributed by atoms with van der Waals surface area (Å²) in [5.41, 5.74) is 12.9. The van der Waals surface area contributed by atoms with Crippen molar-refractivity contribution >= 4 is 23.1 Å². The molecule has 0 fully saturated rings. The van der Waals surface area contributed by atoms with Gasteiger partial charge in [-0.15, -0.1) is 0 Å². The lowest BCUT2D eigenvalue weighted by molar-refractivity contribution is 0.0995. The molecule has 0 atom stereocenters. The van der Waals surface area contributed by atoms with E-state index in [9.17, 15) is 4.79 Å². The summed E-state index contributed by atoms with van der Waals surface area (Å²) in [5, 5.41) is 0. The van der Waals surface area contributed by atoms with Crippen molar-refractivity contribution in [3.8, 4) is 5.75 Å². The van der Waals surface area contributed by atoms with Crippen LogP contribution in [0.2, 0.25) is 0 Å². The number of para-hydroxylation sites is 2. The van der Waals surface area contributed by atoms with Gasteiger partial charge in [0.05, 0.1) is 18.0 Å². The molecule has 0 saturated heterocycles. The van der Waals surface area contributed by atoms with Gasteiger partial charge >= 0.3 is 0 Å². The first-order chi connectivity index (χ1) is 10.2. The van der Waals surface area contributed by atoms with E-state index in [1.807, 2.05) is 29.2 Å². The highest BCUT2D eigenvalue weighted by Gasteiger charge is 2.21. The molecule has 0 saturated carbocycles. The van der Waals surface area contributed by atoms with Crippen LogP contribution in [0.15, 0.2) is 36.4 Å². The molecule has 21 heavy (non-hydrogen) atoms. The number of ether oxygens (including phenoxy) is 1. The molecule has 1 aliphatic rings. The van der Waals surface area contributed by atoms with Gasteiger partial charge in [0, 0.05) is 6.54 Å². The highest BCUT2D eigenvalue weighted by atomic mass is 16.5. The van der Waals surface area contributed by atoms with Crippen LogP contribution in [0, 0.1) is 0 Å². The number of anilines is 3. The first-order valence-corrected chi connectivity index (χ1v) is 6.72. The summed E-state index contributed by atoms with van der Waals surface area (Å²) in [6.45, 7) is 1.33.